The number of Topliss-reactive ketones (excluding diaryl/α,β-unsaturated/α-hetero) is 1. The summed E-state index contributed by atoms with van der Waals surface area (Å²) in [6.45, 7) is 6.60. The number of hydrogen-bond acceptors (Lipinski definition) is 6. The maximum Gasteiger partial charge on any atom is 0.408 e. The van der Waals surface area contributed by atoms with Crippen LogP contribution in [0.15, 0.2) is 30.3 Å². The third-order valence-corrected chi connectivity index (χ3v) is 5.25. The molecule has 0 heterocycles. The molecule has 1 aromatic carbocycles. The fraction of sp³-hybridized carbons (Fsp3) is 0.545. The van der Waals surface area contributed by atoms with Crippen molar-refractivity contribution in [2.45, 2.75) is 58.8 Å². The van der Waals surface area contributed by atoms with Crippen LogP contribution in [0.4, 0.5) is 4.79 Å². The first-order valence-electron chi connectivity index (χ1n) is 10.2. The Labute approximate surface area is 188 Å². The van der Waals surface area contributed by atoms with E-state index in [9.17, 15) is 19.2 Å². The predicted octanol–water partition coefficient (Wildman–Crippen LogP) is 2.27. The molecule has 0 unspecified atom stereocenters. The first-order valence-corrected chi connectivity index (χ1v) is 11.6. The molecule has 0 aliphatic heterocycles. The molecule has 0 spiro atoms. The molecule has 0 aliphatic carbocycles. The van der Waals surface area contributed by atoms with E-state index in [4.69, 9.17) is 4.74 Å². The zero-order chi connectivity index (χ0) is 23.4. The van der Waals surface area contributed by atoms with E-state index in [1.54, 1.807) is 25.6 Å². The number of carbonyl (C=O) groups excluding carboxylic acids is 4. The van der Waals surface area contributed by atoms with Crippen molar-refractivity contribution in [1.29, 1.82) is 0 Å². The van der Waals surface area contributed by atoms with Crippen molar-refractivity contribution in [2.24, 2.45) is 5.92 Å². The molecule has 0 radical (unpaired) electrons. The van der Waals surface area contributed by atoms with Gasteiger partial charge >= 0.3 is 6.09 Å². The average Bonchev–Trinajstić information content (AvgIpc) is 2.73. The first-order chi connectivity index (χ1) is 14.6. The Morgan fingerprint density at radius 3 is 2.16 bits per heavy atom. The Morgan fingerprint density at radius 1 is 0.968 bits per heavy atom. The summed E-state index contributed by atoms with van der Waals surface area (Å²) >= 11 is 1.58. The van der Waals surface area contributed by atoms with Crippen LogP contribution >= 0.6 is 11.8 Å². The van der Waals surface area contributed by atoms with E-state index in [1.165, 1.54) is 13.8 Å². The van der Waals surface area contributed by atoms with Crippen LogP contribution in [0.1, 0.15) is 39.7 Å². The number of thioether (sulfide) groups is 1. The number of rotatable bonds is 12. The first kappa shape index (κ1) is 26.5. The van der Waals surface area contributed by atoms with Crippen molar-refractivity contribution < 1.29 is 23.9 Å². The van der Waals surface area contributed by atoms with Crippen LogP contribution in [-0.2, 0) is 25.7 Å². The normalized spacial score (nSPS) is 13.6. The van der Waals surface area contributed by atoms with Gasteiger partial charge in [0.05, 0.1) is 6.04 Å². The minimum absolute atomic E-state index is 0.0837. The average molecular weight is 452 g/mol. The van der Waals surface area contributed by atoms with Gasteiger partial charge in [-0.1, -0.05) is 44.2 Å². The molecule has 3 atom stereocenters. The summed E-state index contributed by atoms with van der Waals surface area (Å²) < 4.78 is 5.18. The van der Waals surface area contributed by atoms with E-state index in [-0.39, 0.29) is 18.3 Å². The second-order valence-corrected chi connectivity index (χ2v) is 8.60. The quantitative estimate of drug-likeness (QED) is 0.449. The number of ketones is 1. The SMILES string of the molecule is CSCC[C@@H](NC(=O)[C@@H](C)NC(=O)[C@@H](NC(=O)OCc1ccccc1)C(C)C)C(C)=O. The second-order valence-electron chi connectivity index (χ2n) is 7.61. The Morgan fingerprint density at radius 2 is 1.61 bits per heavy atom. The van der Waals surface area contributed by atoms with E-state index in [0.29, 0.717) is 6.42 Å². The van der Waals surface area contributed by atoms with Gasteiger partial charge < -0.3 is 20.7 Å². The van der Waals surface area contributed by atoms with E-state index in [0.717, 1.165) is 11.3 Å². The molecule has 8 nitrogen and oxygen atoms in total. The minimum Gasteiger partial charge on any atom is -0.445 e. The lowest BCUT2D eigenvalue weighted by Crippen LogP contribution is -2.56. The van der Waals surface area contributed by atoms with Crippen LogP contribution in [0.3, 0.4) is 0 Å². The molecular weight excluding hydrogens is 418 g/mol. The largest absolute Gasteiger partial charge is 0.445 e. The topological polar surface area (TPSA) is 114 Å². The van der Waals surface area contributed by atoms with E-state index in [2.05, 4.69) is 16.0 Å². The Hall–Kier alpha value is -2.55. The summed E-state index contributed by atoms with van der Waals surface area (Å²) in [5.41, 5.74) is 0.829. The van der Waals surface area contributed by atoms with Crippen molar-refractivity contribution in [3.05, 3.63) is 35.9 Å². The van der Waals surface area contributed by atoms with Gasteiger partial charge in [0.15, 0.2) is 5.78 Å². The number of ether oxygens (including phenoxy) is 1. The molecule has 3 amide bonds. The molecule has 0 aliphatic rings. The van der Waals surface area contributed by atoms with Gasteiger partial charge in [-0.25, -0.2) is 4.79 Å². The van der Waals surface area contributed by atoms with Crippen LogP contribution in [0, 0.1) is 5.92 Å². The Balaban J connectivity index is 2.61. The molecule has 0 saturated carbocycles. The molecule has 0 aromatic heterocycles. The van der Waals surface area contributed by atoms with E-state index < -0.39 is 36.0 Å². The van der Waals surface area contributed by atoms with Crippen LogP contribution in [0.5, 0.6) is 0 Å². The lowest BCUT2D eigenvalue weighted by Gasteiger charge is -2.24. The lowest BCUT2D eigenvalue weighted by molar-refractivity contribution is -0.131. The van der Waals surface area contributed by atoms with Crippen molar-refractivity contribution in [3.63, 3.8) is 0 Å². The smallest absolute Gasteiger partial charge is 0.408 e. The van der Waals surface area contributed by atoms with Gasteiger partial charge in [0, 0.05) is 0 Å². The van der Waals surface area contributed by atoms with Crippen LogP contribution < -0.4 is 16.0 Å². The molecule has 0 bridgehead atoms. The van der Waals surface area contributed by atoms with Crippen LogP contribution in [0.2, 0.25) is 0 Å². The van der Waals surface area contributed by atoms with Gasteiger partial charge in [0.1, 0.15) is 18.7 Å². The molecule has 172 valence electrons. The molecular formula is C22H33N3O5S. The molecule has 1 aromatic rings. The number of hydrogen-bond donors (Lipinski definition) is 3. The van der Waals surface area contributed by atoms with Crippen molar-refractivity contribution >= 4 is 35.5 Å². The number of nitrogens with one attached hydrogen (secondary N) is 3. The van der Waals surface area contributed by atoms with Gasteiger partial charge in [0.25, 0.3) is 0 Å². The summed E-state index contributed by atoms with van der Waals surface area (Å²) in [4.78, 5) is 49.0. The van der Waals surface area contributed by atoms with Gasteiger partial charge in [-0.15, -0.1) is 0 Å². The highest BCUT2D eigenvalue weighted by molar-refractivity contribution is 7.98. The standard InChI is InChI=1S/C22H33N3O5S/c1-14(2)19(25-22(29)30-13-17-9-7-6-8-10-17)21(28)23-15(3)20(27)24-18(16(4)26)11-12-31-5/h6-10,14-15,18-19H,11-13H2,1-5H3,(H,23,28)(H,24,27)(H,25,29)/t15-,18-,19+/m1/s1. The molecule has 1 rings (SSSR count). The second kappa shape index (κ2) is 13.7. The molecule has 31 heavy (non-hydrogen) atoms. The maximum atomic E-state index is 12.7. The fourth-order valence-electron chi connectivity index (χ4n) is 2.70. The molecule has 0 fully saturated rings. The third-order valence-electron chi connectivity index (χ3n) is 4.61. The van der Waals surface area contributed by atoms with Gasteiger partial charge in [-0.05, 0) is 43.8 Å². The zero-order valence-corrected chi connectivity index (χ0v) is 19.6. The minimum atomic E-state index is -0.876. The highest BCUT2D eigenvalue weighted by Crippen LogP contribution is 2.06. The molecule has 3 N–H and O–H groups in total. The number of amides is 3. The van der Waals surface area contributed by atoms with E-state index in [1.807, 2.05) is 36.6 Å². The number of benzene rings is 1. The van der Waals surface area contributed by atoms with Crippen molar-refractivity contribution in [3.8, 4) is 0 Å². The molecule has 9 heteroatoms. The lowest BCUT2D eigenvalue weighted by atomic mass is 10.0. The predicted molar refractivity (Wildman–Crippen MR) is 122 cm³/mol. The monoisotopic (exact) mass is 451 g/mol. The third kappa shape index (κ3) is 9.87. The number of alkyl carbamates (subject to hydrolysis) is 1. The van der Waals surface area contributed by atoms with Crippen LogP contribution in [0.25, 0.3) is 0 Å². The highest BCUT2D eigenvalue weighted by Gasteiger charge is 2.28. The van der Waals surface area contributed by atoms with Crippen molar-refractivity contribution in [1.82, 2.24) is 16.0 Å². The van der Waals surface area contributed by atoms with E-state index >= 15 is 0 Å². The summed E-state index contributed by atoms with van der Waals surface area (Å²) in [7, 11) is 0. The summed E-state index contributed by atoms with van der Waals surface area (Å²) in [5, 5.41) is 7.83. The maximum absolute atomic E-state index is 12.7. The van der Waals surface area contributed by atoms with Gasteiger partial charge in [-0.2, -0.15) is 11.8 Å². The zero-order valence-electron chi connectivity index (χ0n) is 18.8. The fourth-order valence-corrected chi connectivity index (χ4v) is 3.18. The van der Waals surface area contributed by atoms with Crippen molar-refractivity contribution in [2.75, 3.05) is 12.0 Å². The van der Waals surface area contributed by atoms with Crippen LogP contribution in [-0.4, -0.2) is 53.8 Å². The highest BCUT2D eigenvalue weighted by atomic mass is 32.2. The van der Waals surface area contributed by atoms with Gasteiger partial charge in [-0.3, -0.25) is 14.4 Å². The number of carbonyl (C=O) groups is 4. The van der Waals surface area contributed by atoms with Gasteiger partial charge in [0.2, 0.25) is 11.8 Å². The summed E-state index contributed by atoms with van der Waals surface area (Å²) in [6, 6.07) is 6.86. The summed E-state index contributed by atoms with van der Waals surface area (Å²) in [6.07, 6.45) is 1.72. The Bertz CT molecular complexity index is 742. The molecule has 0 saturated heterocycles. The Kier molecular flexibility index (Phi) is 11.7. The summed E-state index contributed by atoms with van der Waals surface area (Å²) in [5.74, 6) is -0.591.